The normalized spacial score (nSPS) is 16.3. The molecule has 0 saturated carbocycles. The standard InChI is InChI=1S/C22H20BN3O5S/c1-30-12-11-26-21(27)20(32-22(26)25-17-3-2-10-24-14-17)13-18-8-9-19(31-18)15-4-6-16(7-5-15)23(28)29/h2-10,13-14,28-29H,11-12H2,1H3/b20-13-,25-22?. The van der Waals surface area contributed by atoms with Crippen molar-refractivity contribution < 1.29 is 24.0 Å². The molecule has 0 atom stereocenters. The average molecular weight is 449 g/mol. The molecule has 1 aliphatic heterocycles. The second-order valence-corrected chi connectivity index (χ2v) is 7.87. The van der Waals surface area contributed by atoms with E-state index in [0.29, 0.717) is 45.9 Å². The molecule has 162 valence electrons. The zero-order valence-electron chi connectivity index (χ0n) is 17.2. The molecule has 0 aliphatic carbocycles. The lowest BCUT2D eigenvalue weighted by Crippen LogP contribution is -2.32. The molecule has 0 bridgehead atoms. The number of benzene rings is 1. The highest BCUT2D eigenvalue weighted by molar-refractivity contribution is 8.18. The van der Waals surface area contributed by atoms with Gasteiger partial charge >= 0.3 is 7.12 Å². The Morgan fingerprint density at radius 1 is 1.22 bits per heavy atom. The maximum Gasteiger partial charge on any atom is 0.488 e. The molecule has 0 radical (unpaired) electrons. The monoisotopic (exact) mass is 449 g/mol. The van der Waals surface area contributed by atoms with Gasteiger partial charge < -0.3 is 19.2 Å². The number of hydrogen-bond donors (Lipinski definition) is 2. The molecule has 1 amide bonds. The zero-order valence-corrected chi connectivity index (χ0v) is 18.0. The summed E-state index contributed by atoms with van der Waals surface area (Å²) >= 11 is 1.27. The van der Waals surface area contributed by atoms with Crippen molar-refractivity contribution in [3.8, 4) is 11.3 Å². The summed E-state index contributed by atoms with van der Waals surface area (Å²) in [5.41, 5.74) is 1.83. The molecule has 3 aromatic rings. The van der Waals surface area contributed by atoms with Crippen LogP contribution in [0.2, 0.25) is 0 Å². The Hall–Kier alpha value is -3.18. The van der Waals surface area contributed by atoms with E-state index in [1.165, 1.54) is 11.8 Å². The summed E-state index contributed by atoms with van der Waals surface area (Å²) in [5.74, 6) is 0.956. The van der Waals surface area contributed by atoms with E-state index in [9.17, 15) is 14.8 Å². The van der Waals surface area contributed by atoms with Crippen molar-refractivity contribution in [3.63, 3.8) is 0 Å². The molecule has 8 nitrogen and oxygen atoms in total. The summed E-state index contributed by atoms with van der Waals surface area (Å²) in [7, 11) is 0.0653. The third kappa shape index (κ3) is 5.00. The van der Waals surface area contributed by atoms with E-state index >= 15 is 0 Å². The largest absolute Gasteiger partial charge is 0.488 e. The summed E-state index contributed by atoms with van der Waals surface area (Å²) < 4.78 is 11.0. The fourth-order valence-corrected chi connectivity index (χ4v) is 4.04. The molecule has 4 rings (SSSR count). The molecular weight excluding hydrogens is 429 g/mol. The van der Waals surface area contributed by atoms with Gasteiger partial charge in [-0.2, -0.15) is 0 Å². The van der Waals surface area contributed by atoms with Crippen LogP contribution in [0.5, 0.6) is 0 Å². The number of amides is 1. The van der Waals surface area contributed by atoms with E-state index in [0.717, 1.165) is 5.56 Å². The lowest BCUT2D eigenvalue weighted by atomic mass is 9.80. The fourth-order valence-electron chi connectivity index (χ4n) is 3.04. The number of amidine groups is 1. The molecule has 3 heterocycles. The highest BCUT2D eigenvalue weighted by atomic mass is 32.2. The third-order valence-electron chi connectivity index (χ3n) is 4.67. The highest BCUT2D eigenvalue weighted by Gasteiger charge is 2.33. The zero-order chi connectivity index (χ0) is 22.5. The lowest BCUT2D eigenvalue weighted by molar-refractivity contribution is -0.122. The van der Waals surface area contributed by atoms with Gasteiger partial charge in [-0.1, -0.05) is 24.3 Å². The average Bonchev–Trinajstić information content (AvgIpc) is 3.38. The number of ether oxygens (including phenoxy) is 1. The Bertz CT molecular complexity index is 1150. The second kappa shape index (κ2) is 9.96. The van der Waals surface area contributed by atoms with Gasteiger partial charge in [0.2, 0.25) is 0 Å². The Morgan fingerprint density at radius 2 is 2.03 bits per heavy atom. The number of pyridine rings is 1. The number of nitrogens with zero attached hydrogens (tertiary/aromatic N) is 3. The summed E-state index contributed by atoms with van der Waals surface area (Å²) in [4.78, 5) is 23.7. The van der Waals surface area contributed by atoms with Crippen LogP contribution in [0.25, 0.3) is 17.4 Å². The quantitative estimate of drug-likeness (QED) is 0.421. The van der Waals surface area contributed by atoms with Gasteiger partial charge in [-0.05, 0) is 41.5 Å². The van der Waals surface area contributed by atoms with Crippen molar-refractivity contribution in [2.24, 2.45) is 4.99 Å². The van der Waals surface area contributed by atoms with Gasteiger partial charge in [-0.15, -0.1) is 0 Å². The predicted octanol–water partition coefficient (Wildman–Crippen LogP) is 2.27. The fraction of sp³-hybridized carbons (Fsp3) is 0.136. The SMILES string of the molecule is COCCN1C(=O)/C(=C/c2ccc(-c3ccc(B(O)O)cc3)o2)SC1=Nc1cccnc1. The summed E-state index contributed by atoms with van der Waals surface area (Å²) in [6, 6.07) is 13.9. The molecule has 1 saturated heterocycles. The van der Waals surface area contributed by atoms with Gasteiger partial charge in [0.05, 0.1) is 29.9 Å². The van der Waals surface area contributed by atoms with Crippen LogP contribution in [-0.4, -0.2) is 58.4 Å². The second-order valence-electron chi connectivity index (χ2n) is 6.86. The van der Waals surface area contributed by atoms with Crippen molar-refractivity contribution in [3.05, 3.63) is 71.6 Å². The molecule has 1 fully saturated rings. The summed E-state index contributed by atoms with van der Waals surface area (Å²) in [6.45, 7) is 0.764. The van der Waals surface area contributed by atoms with E-state index in [4.69, 9.17) is 9.15 Å². The number of carbonyl (C=O) groups is 1. The molecule has 32 heavy (non-hydrogen) atoms. The first-order valence-corrected chi connectivity index (χ1v) is 10.6. The molecular formula is C22H20BN3O5S. The Kier molecular flexibility index (Phi) is 6.86. The maximum atomic E-state index is 13.0. The highest BCUT2D eigenvalue weighted by Crippen LogP contribution is 2.34. The number of furan rings is 1. The minimum atomic E-state index is -1.52. The van der Waals surface area contributed by atoms with E-state index < -0.39 is 7.12 Å². The lowest BCUT2D eigenvalue weighted by Gasteiger charge is -2.14. The molecule has 10 heteroatoms. The number of rotatable bonds is 7. The maximum absolute atomic E-state index is 13.0. The van der Waals surface area contributed by atoms with Crippen LogP contribution in [0.15, 0.2) is 75.2 Å². The van der Waals surface area contributed by atoms with E-state index in [1.807, 2.05) is 6.07 Å². The molecule has 2 N–H and O–H groups in total. The minimum Gasteiger partial charge on any atom is -0.457 e. The number of aliphatic imine (C=N–C) groups is 1. The number of hydrogen-bond acceptors (Lipinski definition) is 8. The van der Waals surface area contributed by atoms with Crippen LogP contribution in [0.3, 0.4) is 0 Å². The molecule has 1 aliphatic rings. The summed E-state index contributed by atoms with van der Waals surface area (Å²) in [5, 5.41) is 19.0. The molecule has 0 spiro atoms. The first kappa shape index (κ1) is 22.0. The predicted molar refractivity (Wildman–Crippen MR) is 124 cm³/mol. The van der Waals surface area contributed by atoms with Gasteiger partial charge in [0, 0.05) is 24.9 Å². The third-order valence-corrected chi connectivity index (χ3v) is 5.68. The van der Waals surface area contributed by atoms with Crippen LogP contribution in [0.4, 0.5) is 5.69 Å². The first-order chi connectivity index (χ1) is 15.5. The van der Waals surface area contributed by atoms with E-state index in [2.05, 4.69) is 9.98 Å². The van der Waals surface area contributed by atoms with Crippen LogP contribution < -0.4 is 5.46 Å². The van der Waals surface area contributed by atoms with Gasteiger partial charge in [0.1, 0.15) is 11.5 Å². The number of thioether (sulfide) groups is 1. The van der Waals surface area contributed by atoms with Gasteiger partial charge in [-0.25, -0.2) is 4.99 Å². The van der Waals surface area contributed by atoms with Crippen molar-refractivity contribution >= 4 is 47.2 Å². The molecule has 1 aromatic carbocycles. The number of aromatic nitrogens is 1. The van der Waals surface area contributed by atoms with E-state index in [-0.39, 0.29) is 5.91 Å². The van der Waals surface area contributed by atoms with Crippen molar-refractivity contribution in [2.75, 3.05) is 20.3 Å². The van der Waals surface area contributed by atoms with Crippen molar-refractivity contribution in [1.82, 2.24) is 9.88 Å². The first-order valence-electron chi connectivity index (χ1n) is 9.80. The minimum absolute atomic E-state index is 0.172. The van der Waals surface area contributed by atoms with Crippen LogP contribution in [0, 0.1) is 0 Å². The molecule has 0 unspecified atom stereocenters. The van der Waals surface area contributed by atoms with Gasteiger partial charge in [0.25, 0.3) is 5.91 Å². The Morgan fingerprint density at radius 3 is 2.72 bits per heavy atom. The number of methoxy groups -OCH3 is 1. The topological polar surface area (TPSA) is 108 Å². The Labute approximate surface area is 189 Å². The van der Waals surface area contributed by atoms with Crippen molar-refractivity contribution in [1.29, 1.82) is 0 Å². The van der Waals surface area contributed by atoms with Gasteiger partial charge in [0.15, 0.2) is 5.17 Å². The van der Waals surface area contributed by atoms with Crippen molar-refractivity contribution in [2.45, 2.75) is 0 Å². The smallest absolute Gasteiger partial charge is 0.457 e. The van der Waals surface area contributed by atoms with Gasteiger partial charge in [-0.3, -0.25) is 14.7 Å². The van der Waals surface area contributed by atoms with E-state index in [1.54, 1.807) is 72.9 Å². The van der Waals surface area contributed by atoms with Crippen LogP contribution in [0.1, 0.15) is 5.76 Å². The van der Waals surface area contributed by atoms with Crippen LogP contribution >= 0.6 is 11.8 Å². The molecule has 2 aromatic heterocycles. The Balaban J connectivity index is 1.58. The summed E-state index contributed by atoms with van der Waals surface area (Å²) in [6.07, 6.45) is 4.99. The number of carbonyl (C=O) groups excluding carboxylic acids is 1. The van der Waals surface area contributed by atoms with Crippen LogP contribution in [-0.2, 0) is 9.53 Å².